The van der Waals surface area contributed by atoms with E-state index in [2.05, 4.69) is 40.6 Å². The number of hydrogen-bond acceptors (Lipinski definition) is 4. The molecule has 0 heterocycles. The van der Waals surface area contributed by atoms with Gasteiger partial charge in [-0.15, -0.1) is 0 Å². The van der Waals surface area contributed by atoms with Crippen molar-refractivity contribution in [2.75, 3.05) is 6.61 Å². The summed E-state index contributed by atoms with van der Waals surface area (Å²) in [5.41, 5.74) is 6.84. The number of para-hydroxylation sites is 1. The van der Waals surface area contributed by atoms with Crippen LogP contribution < -0.4 is 20.3 Å². The summed E-state index contributed by atoms with van der Waals surface area (Å²) in [6, 6.07) is 13.2. The Kier molecular flexibility index (Phi) is 8.51. The smallest absolute Gasteiger partial charge is 0.279 e. The minimum Gasteiger partial charge on any atom is -0.483 e. The highest BCUT2D eigenvalue weighted by atomic mass is 79.9. The molecule has 0 radical (unpaired) electrons. The Morgan fingerprint density at radius 2 is 1.79 bits per heavy atom. The molecule has 0 bridgehead atoms. The largest absolute Gasteiger partial charge is 0.483 e. The van der Waals surface area contributed by atoms with E-state index in [1.807, 2.05) is 43.3 Å². The van der Waals surface area contributed by atoms with E-state index in [-0.39, 0.29) is 6.61 Å². The fraction of sp³-hybridized carbons (Fsp3) is 0.364. The number of nitrogens with one attached hydrogen (secondary N) is 2. The molecule has 2 aromatic carbocycles. The normalized spacial score (nSPS) is 12.6. The molecular weight excluding hydrogens is 436 g/mol. The minimum absolute atomic E-state index is 0.228. The van der Waals surface area contributed by atoms with Crippen LogP contribution in [-0.4, -0.2) is 24.5 Å². The number of benzene rings is 2. The summed E-state index contributed by atoms with van der Waals surface area (Å²) < 4.78 is 12.0. The van der Waals surface area contributed by atoms with Gasteiger partial charge in [-0.25, -0.2) is 0 Å². The van der Waals surface area contributed by atoms with Gasteiger partial charge < -0.3 is 9.47 Å². The molecule has 2 aromatic rings. The van der Waals surface area contributed by atoms with E-state index < -0.39 is 17.9 Å². The zero-order valence-corrected chi connectivity index (χ0v) is 18.7. The third-order valence-electron chi connectivity index (χ3n) is 4.51. The summed E-state index contributed by atoms with van der Waals surface area (Å²) in [5.74, 6) is 0.616. The van der Waals surface area contributed by atoms with Crippen molar-refractivity contribution in [2.24, 2.45) is 0 Å². The highest BCUT2D eigenvalue weighted by molar-refractivity contribution is 9.10. The van der Waals surface area contributed by atoms with Crippen LogP contribution in [0.1, 0.15) is 44.2 Å². The van der Waals surface area contributed by atoms with Crippen LogP contribution in [0.25, 0.3) is 0 Å². The van der Waals surface area contributed by atoms with E-state index in [4.69, 9.17) is 9.47 Å². The average molecular weight is 463 g/mol. The first kappa shape index (κ1) is 22.7. The van der Waals surface area contributed by atoms with Gasteiger partial charge in [0.15, 0.2) is 12.7 Å². The van der Waals surface area contributed by atoms with E-state index in [0.717, 1.165) is 22.0 Å². The van der Waals surface area contributed by atoms with Crippen molar-refractivity contribution in [2.45, 2.75) is 46.1 Å². The molecule has 0 saturated carbocycles. The average Bonchev–Trinajstić information content (AvgIpc) is 2.71. The summed E-state index contributed by atoms with van der Waals surface area (Å²) in [6.45, 7) is 7.58. The predicted octanol–water partition coefficient (Wildman–Crippen LogP) is 4.26. The summed E-state index contributed by atoms with van der Waals surface area (Å²) in [4.78, 5) is 24.2. The molecule has 7 heteroatoms. The lowest BCUT2D eigenvalue weighted by Gasteiger charge is -2.19. The number of carbonyl (C=O) groups excluding carboxylic acids is 2. The van der Waals surface area contributed by atoms with Gasteiger partial charge in [0.2, 0.25) is 0 Å². The van der Waals surface area contributed by atoms with Crippen molar-refractivity contribution in [3.05, 3.63) is 58.1 Å². The molecule has 0 aliphatic heterocycles. The Labute approximate surface area is 180 Å². The third kappa shape index (κ3) is 6.78. The van der Waals surface area contributed by atoms with E-state index in [0.29, 0.717) is 17.4 Å². The quantitative estimate of drug-likeness (QED) is 0.574. The van der Waals surface area contributed by atoms with Gasteiger partial charge in [-0.1, -0.05) is 38.1 Å². The maximum Gasteiger partial charge on any atom is 0.279 e. The van der Waals surface area contributed by atoms with Crippen molar-refractivity contribution in [3.63, 3.8) is 0 Å². The van der Waals surface area contributed by atoms with Crippen molar-refractivity contribution in [3.8, 4) is 11.5 Å². The molecule has 29 heavy (non-hydrogen) atoms. The zero-order valence-electron chi connectivity index (χ0n) is 17.1. The van der Waals surface area contributed by atoms with Crippen molar-refractivity contribution in [1.29, 1.82) is 0 Å². The SMILES string of the molecule is CCC(C)c1ccccc1OC(C)C(=O)NNC(=O)COc1ccc(C)cc1Br. The highest BCUT2D eigenvalue weighted by Gasteiger charge is 2.18. The number of hydrogen-bond donors (Lipinski definition) is 2. The molecule has 0 saturated heterocycles. The van der Waals surface area contributed by atoms with Crippen LogP contribution in [0, 0.1) is 6.92 Å². The lowest BCUT2D eigenvalue weighted by Crippen LogP contribution is -2.48. The number of ether oxygens (including phenoxy) is 2. The van der Waals surface area contributed by atoms with Gasteiger partial charge in [0.25, 0.3) is 11.8 Å². The van der Waals surface area contributed by atoms with Crippen LogP contribution >= 0.6 is 15.9 Å². The molecule has 2 N–H and O–H groups in total. The summed E-state index contributed by atoms with van der Waals surface area (Å²) >= 11 is 3.39. The molecule has 0 aliphatic rings. The van der Waals surface area contributed by atoms with Crippen LogP contribution in [-0.2, 0) is 9.59 Å². The molecule has 2 unspecified atom stereocenters. The molecule has 156 valence electrons. The standard InChI is InChI=1S/C22H27BrN2O4/c1-5-15(3)17-8-6-7-9-19(17)29-16(4)22(27)25-24-21(26)13-28-20-11-10-14(2)12-18(20)23/h6-12,15-16H,5,13H2,1-4H3,(H,24,26)(H,25,27). The first-order chi connectivity index (χ1) is 13.8. The molecule has 2 amide bonds. The van der Waals surface area contributed by atoms with Gasteiger partial charge >= 0.3 is 0 Å². The first-order valence-corrected chi connectivity index (χ1v) is 10.3. The lowest BCUT2D eigenvalue weighted by atomic mass is 9.98. The molecule has 0 fully saturated rings. The number of aryl methyl sites for hydroxylation is 1. The molecule has 0 aliphatic carbocycles. The number of rotatable bonds is 8. The molecule has 2 atom stereocenters. The van der Waals surface area contributed by atoms with Gasteiger partial charge in [0, 0.05) is 0 Å². The number of carbonyl (C=O) groups is 2. The van der Waals surface area contributed by atoms with Crippen LogP contribution in [0.2, 0.25) is 0 Å². The molecular formula is C22H27BrN2O4. The van der Waals surface area contributed by atoms with E-state index in [1.54, 1.807) is 13.0 Å². The summed E-state index contributed by atoms with van der Waals surface area (Å²) in [6.07, 6.45) is 0.196. The Balaban J connectivity index is 1.83. The summed E-state index contributed by atoms with van der Waals surface area (Å²) in [7, 11) is 0. The fourth-order valence-corrected chi connectivity index (χ4v) is 3.20. The highest BCUT2D eigenvalue weighted by Crippen LogP contribution is 2.29. The van der Waals surface area contributed by atoms with Crippen LogP contribution in [0.5, 0.6) is 11.5 Å². The van der Waals surface area contributed by atoms with Gasteiger partial charge in [-0.3, -0.25) is 20.4 Å². The van der Waals surface area contributed by atoms with E-state index in [1.165, 1.54) is 0 Å². The summed E-state index contributed by atoms with van der Waals surface area (Å²) in [5, 5.41) is 0. The van der Waals surface area contributed by atoms with Crippen molar-refractivity contribution < 1.29 is 19.1 Å². The topological polar surface area (TPSA) is 76.7 Å². The Bertz CT molecular complexity index is 856. The Morgan fingerprint density at radius 3 is 2.48 bits per heavy atom. The minimum atomic E-state index is -0.771. The number of amides is 2. The lowest BCUT2D eigenvalue weighted by molar-refractivity contribution is -0.133. The fourth-order valence-electron chi connectivity index (χ4n) is 2.59. The van der Waals surface area contributed by atoms with Gasteiger partial charge in [-0.2, -0.15) is 0 Å². The number of hydrazine groups is 1. The second-order valence-corrected chi connectivity index (χ2v) is 7.72. The first-order valence-electron chi connectivity index (χ1n) is 9.55. The third-order valence-corrected chi connectivity index (χ3v) is 5.13. The zero-order chi connectivity index (χ0) is 21.4. The molecule has 2 rings (SSSR count). The van der Waals surface area contributed by atoms with Crippen molar-refractivity contribution >= 4 is 27.7 Å². The molecule has 6 nitrogen and oxygen atoms in total. The Hall–Kier alpha value is -2.54. The van der Waals surface area contributed by atoms with Crippen LogP contribution in [0.4, 0.5) is 0 Å². The second-order valence-electron chi connectivity index (χ2n) is 6.87. The molecule has 0 spiro atoms. The predicted molar refractivity (Wildman–Crippen MR) is 116 cm³/mol. The molecule has 0 aromatic heterocycles. The maximum atomic E-state index is 12.3. The maximum absolute atomic E-state index is 12.3. The van der Waals surface area contributed by atoms with E-state index >= 15 is 0 Å². The van der Waals surface area contributed by atoms with E-state index in [9.17, 15) is 9.59 Å². The van der Waals surface area contributed by atoms with Crippen LogP contribution in [0.3, 0.4) is 0 Å². The van der Waals surface area contributed by atoms with Gasteiger partial charge in [0.05, 0.1) is 4.47 Å². The Morgan fingerprint density at radius 1 is 1.07 bits per heavy atom. The van der Waals surface area contributed by atoms with Crippen LogP contribution in [0.15, 0.2) is 46.9 Å². The number of halogens is 1. The van der Waals surface area contributed by atoms with Crippen molar-refractivity contribution in [1.82, 2.24) is 10.9 Å². The second kappa shape index (κ2) is 10.9. The van der Waals surface area contributed by atoms with Gasteiger partial charge in [-0.05, 0) is 71.4 Å². The van der Waals surface area contributed by atoms with Gasteiger partial charge in [0.1, 0.15) is 11.5 Å². The monoisotopic (exact) mass is 462 g/mol.